The second-order valence-electron chi connectivity index (χ2n) is 7.92. The zero-order valence-corrected chi connectivity index (χ0v) is 17.1. The quantitative estimate of drug-likeness (QED) is 0.313. The molecular weight excluding hydrogens is 336 g/mol. The lowest BCUT2D eigenvalue weighted by atomic mass is 10.0. The van der Waals surface area contributed by atoms with E-state index >= 15 is 0 Å². The summed E-state index contributed by atoms with van der Waals surface area (Å²) in [7, 11) is 0. The van der Waals surface area contributed by atoms with Crippen LogP contribution in [-0.4, -0.2) is 23.6 Å². The highest BCUT2D eigenvalue weighted by molar-refractivity contribution is 5.96. The highest BCUT2D eigenvalue weighted by atomic mass is 16.3. The first kappa shape index (κ1) is 21.7. The highest BCUT2D eigenvalue weighted by Crippen LogP contribution is 2.26. The number of phenols is 1. The zero-order chi connectivity index (χ0) is 19.3. The van der Waals surface area contributed by atoms with Crippen LogP contribution in [0.4, 0.5) is 5.69 Å². The van der Waals surface area contributed by atoms with Gasteiger partial charge in [-0.05, 0) is 49.9 Å². The van der Waals surface area contributed by atoms with Gasteiger partial charge in [0.1, 0.15) is 5.75 Å². The largest absolute Gasteiger partial charge is 0.506 e. The molecule has 27 heavy (non-hydrogen) atoms. The fraction of sp³-hybridized carbons (Fsp3) is 0.696. The van der Waals surface area contributed by atoms with Crippen LogP contribution in [0.15, 0.2) is 18.2 Å². The molecule has 0 bridgehead atoms. The Kier molecular flexibility index (Phi) is 10.3. The van der Waals surface area contributed by atoms with E-state index < -0.39 is 0 Å². The van der Waals surface area contributed by atoms with Crippen molar-refractivity contribution >= 4 is 11.6 Å². The van der Waals surface area contributed by atoms with Crippen LogP contribution in [0.25, 0.3) is 0 Å². The first-order chi connectivity index (χ1) is 13.2. The Balaban J connectivity index is 1.63. The molecule has 1 atom stereocenters. The number of rotatable bonds is 13. The van der Waals surface area contributed by atoms with E-state index in [0.717, 1.165) is 32.2 Å². The molecule has 152 valence electrons. The van der Waals surface area contributed by atoms with Gasteiger partial charge in [0.25, 0.3) is 0 Å². The number of anilines is 1. The van der Waals surface area contributed by atoms with Gasteiger partial charge in [0, 0.05) is 0 Å². The van der Waals surface area contributed by atoms with Gasteiger partial charge in [-0.15, -0.1) is 0 Å². The second-order valence-corrected chi connectivity index (χ2v) is 7.92. The SMILES string of the molecule is CCCCCCCCCCCCc1ccc(O)c(NC(=O)[C@@H]2CCCN2)c1. The summed E-state index contributed by atoms with van der Waals surface area (Å²) in [6.07, 6.45) is 16.2. The van der Waals surface area contributed by atoms with Crippen molar-refractivity contribution < 1.29 is 9.90 Å². The van der Waals surface area contributed by atoms with Gasteiger partial charge in [0.15, 0.2) is 0 Å². The number of carbonyl (C=O) groups excluding carboxylic acids is 1. The number of aromatic hydroxyl groups is 1. The summed E-state index contributed by atoms with van der Waals surface area (Å²) >= 11 is 0. The van der Waals surface area contributed by atoms with E-state index in [2.05, 4.69) is 17.6 Å². The first-order valence-electron chi connectivity index (χ1n) is 11.1. The van der Waals surface area contributed by atoms with Crippen LogP contribution < -0.4 is 10.6 Å². The van der Waals surface area contributed by atoms with Crippen molar-refractivity contribution in [3.05, 3.63) is 23.8 Å². The summed E-state index contributed by atoms with van der Waals surface area (Å²) in [5.41, 5.74) is 1.72. The van der Waals surface area contributed by atoms with Gasteiger partial charge < -0.3 is 15.7 Å². The van der Waals surface area contributed by atoms with Crippen molar-refractivity contribution in [2.45, 2.75) is 96.4 Å². The van der Waals surface area contributed by atoms with Gasteiger partial charge in [-0.2, -0.15) is 0 Å². The predicted octanol–water partition coefficient (Wildman–Crippen LogP) is 5.55. The van der Waals surface area contributed by atoms with Crippen LogP contribution in [0.3, 0.4) is 0 Å². The number of amides is 1. The molecule has 3 N–H and O–H groups in total. The van der Waals surface area contributed by atoms with Crippen molar-refractivity contribution in [3.8, 4) is 5.75 Å². The third-order valence-corrected chi connectivity index (χ3v) is 5.51. The van der Waals surface area contributed by atoms with Crippen LogP contribution >= 0.6 is 0 Å². The van der Waals surface area contributed by atoms with Gasteiger partial charge >= 0.3 is 0 Å². The number of nitrogens with one attached hydrogen (secondary N) is 2. The summed E-state index contributed by atoms with van der Waals surface area (Å²) in [6, 6.07) is 5.46. The van der Waals surface area contributed by atoms with Crippen LogP contribution in [-0.2, 0) is 11.2 Å². The summed E-state index contributed by atoms with van der Waals surface area (Å²) < 4.78 is 0. The van der Waals surface area contributed by atoms with Gasteiger partial charge in [-0.3, -0.25) is 4.79 Å². The number of unbranched alkanes of at least 4 members (excludes halogenated alkanes) is 9. The van der Waals surface area contributed by atoms with E-state index in [1.165, 1.54) is 63.4 Å². The van der Waals surface area contributed by atoms with Crippen LogP contribution in [0.2, 0.25) is 0 Å². The molecule has 0 spiro atoms. The lowest BCUT2D eigenvalue weighted by molar-refractivity contribution is -0.117. The van der Waals surface area contributed by atoms with E-state index in [1.807, 2.05) is 12.1 Å². The fourth-order valence-electron chi connectivity index (χ4n) is 3.78. The Morgan fingerprint density at radius 3 is 2.37 bits per heavy atom. The number of hydrogen-bond donors (Lipinski definition) is 3. The normalized spacial score (nSPS) is 16.6. The number of hydrogen-bond acceptors (Lipinski definition) is 3. The van der Waals surface area contributed by atoms with Crippen molar-refractivity contribution in [1.82, 2.24) is 5.32 Å². The molecule has 0 saturated carbocycles. The van der Waals surface area contributed by atoms with E-state index in [1.54, 1.807) is 6.07 Å². The molecule has 0 unspecified atom stereocenters. The summed E-state index contributed by atoms with van der Waals surface area (Å²) in [4.78, 5) is 12.2. The second kappa shape index (κ2) is 12.8. The maximum Gasteiger partial charge on any atom is 0.241 e. The van der Waals surface area contributed by atoms with Gasteiger partial charge in [-0.25, -0.2) is 0 Å². The number of phenolic OH excluding ortho intramolecular Hbond substituents is 1. The average molecular weight is 375 g/mol. The molecule has 1 heterocycles. The third-order valence-electron chi connectivity index (χ3n) is 5.51. The van der Waals surface area contributed by atoms with Gasteiger partial charge in [-0.1, -0.05) is 70.8 Å². The molecule has 4 heteroatoms. The van der Waals surface area contributed by atoms with Crippen molar-refractivity contribution in [2.24, 2.45) is 0 Å². The maximum absolute atomic E-state index is 12.2. The molecule has 2 rings (SSSR count). The minimum absolute atomic E-state index is 0.0427. The zero-order valence-electron chi connectivity index (χ0n) is 17.1. The Morgan fingerprint density at radius 1 is 1.07 bits per heavy atom. The van der Waals surface area contributed by atoms with Gasteiger partial charge in [0.05, 0.1) is 11.7 Å². The monoisotopic (exact) mass is 374 g/mol. The van der Waals surface area contributed by atoms with Gasteiger partial charge in [0.2, 0.25) is 5.91 Å². The molecule has 1 amide bonds. The molecule has 0 aliphatic carbocycles. The molecule has 1 aromatic carbocycles. The van der Waals surface area contributed by atoms with Crippen LogP contribution in [0.1, 0.15) is 89.5 Å². The smallest absolute Gasteiger partial charge is 0.241 e. The van der Waals surface area contributed by atoms with E-state index in [0.29, 0.717) is 5.69 Å². The topological polar surface area (TPSA) is 61.4 Å². The van der Waals surface area contributed by atoms with Crippen LogP contribution in [0.5, 0.6) is 5.75 Å². The summed E-state index contributed by atoms with van der Waals surface area (Å²) in [5.74, 6) is 0.104. The minimum Gasteiger partial charge on any atom is -0.506 e. The molecule has 1 fully saturated rings. The maximum atomic E-state index is 12.2. The first-order valence-corrected chi connectivity index (χ1v) is 11.1. The van der Waals surface area contributed by atoms with Crippen molar-refractivity contribution in [2.75, 3.05) is 11.9 Å². The molecule has 1 aliphatic heterocycles. The van der Waals surface area contributed by atoms with E-state index in [-0.39, 0.29) is 17.7 Å². The van der Waals surface area contributed by atoms with Crippen LogP contribution in [0, 0.1) is 0 Å². The number of carbonyl (C=O) groups is 1. The molecule has 1 saturated heterocycles. The Hall–Kier alpha value is -1.55. The summed E-state index contributed by atoms with van der Waals surface area (Å²) in [6.45, 7) is 3.15. The Bertz CT molecular complexity index is 553. The lowest BCUT2D eigenvalue weighted by Gasteiger charge is -2.13. The van der Waals surface area contributed by atoms with Crippen molar-refractivity contribution in [1.29, 1.82) is 0 Å². The van der Waals surface area contributed by atoms with Crippen molar-refractivity contribution in [3.63, 3.8) is 0 Å². The molecule has 0 aromatic heterocycles. The standard InChI is InChI=1S/C23H38N2O2/c1-2-3-4-5-6-7-8-9-10-11-13-19-15-16-22(26)21(18-19)25-23(27)20-14-12-17-24-20/h15-16,18,20,24,26H,2-14,17H2,1H3,(H,25,27)/t20-/m0/s1. The molecule has 0 radical (unpaired) electrons. The van der Waals surface area contributed by atoms with E-state index in [9.17, 15) is 9.90 Å². The number of aryl methyl sites for hydroxylation is 1. The Morgan fingerprint density at radius 2 is 1.74 bits per heavy atom. The molecule has 1 aliphatic rings. The van der Waals surface area contributed by atoms with E-state index in [4.69, 9.17) is 0 Å². The predicted molar refractivity (Wildman–Crippen MR) is 113 cm³/mol. The lowest BCUT2D eigenvalue weighted by Crippen LogP contribution is -2.35. The Labute approximate surface area is 165 Å². The average Bonchev–Trinajstić information content (AvgIpc) is 3.20. The highest BCUT2D eigenvalue weighted by Gasteiger charge is 2.22. The minimum atomic E-state index is -0.130. The molecule has 4 nitrogen and oxygen atoms in total. The molecular formula is C23H38N2O2. The third kappa shape index (κ3) is 8.34. The fourth-order valence-corrected chi connectivity index (χ4v) is 3.78. The number of benzene rings is 1. The summed E-state index contributed by atoms with van der Waals surface area (Å²) in [5, 5.41) is 16.1. The molecule has 1 aromatic rings.